The Labute approximate surface area is 162 Å². The number of benzene rings is 1. The molecule has 0 saturated carbocycles. The molecule has 1 atom stereocenters. The fourth-order valence-electron chi connectivity index (χ4n) is 3.31. The molecule has 0 aliphatic carbocycles. The van der Waals surface area contributed by atoms with Gasteiger partial charge < -0.3 is 19.4 Å². The molecule has 0 radical (unpaired) electrons. The van der Waals surface area contributed by atoms with Crippen LogP contribution in [-0.4, -0.2) is 35.4 Å². The number of hydrogen-bond acceptors (Lipinski definition) is 6. The molecular weight excluding hydrogens is 366 g/mol. The minimum Gasteiger partial charge on any atom is -0.493 e. The maximum atomic E-state index is 12.9. The molecule has 1 aliphatic heterocycles. The molecule has 27 heavy (non-hydrogen) atoms. The van der Waals surface area contributed by atoms with Crippen molar-refractivity contribution in [2.75, 3.05) is 25.3 Å². The summed E-state index contributed by atoms with van der Waals surface area (Å²) in [5.41, 5.74) is 0.891. The standard InChI is InChI=1S/C19H23N3O4S/c1-5-9-27-19-21-18(24)15-12(10-14(23)20-17(15)22(19)2)11-7-6-8-13(25-3)16(11)26-4/h6-8,12H,5,9-10H2,1-4H3,(H,20,23). The quantitative estimate of drug-likeness (QED) is 0.604. The van der Waals surface area contributed by atoms with E-state index in [1.807, 2.05) is 19.2 Å². The lowest BCUT2D eigenvalue weighted by atomic mass is 9.86. The van der Waals surface area contributed by atoms with E-state index in [1.165, 1.54) is 11.8 Å². The molecular formula is C19H23N3O4S. The highest BCUT2D eigenvalue weighted by molar-refractivity contribution is 7.99. The monoisotopic (exact) mass is 389 g/mol. The number of ether oxygens (including phenoxy) is 2. The molecule has 1 aliphatic rings. The van der Waals surface area contributed by atoms with Crippen molar-refractivity contribution >= 4 is 23.5 Å². The number of amides is 1. The van der Waals surface area contributed by atoms with Crippen LogP contribution < -0.4 is 20.3 Å². The van der Waals surface area contributed by atoms with E-state index in [1.54, 1.807) is 24.9 Å². The van der Waals surface area contributed by atoms with Gasteiger partial charge >= 0.3 is 0 Å². The molecule has 7 nitrogen and oxygen atoms in total. The van der Waals surface area contributed by atoms with Gasteiger partial charge in [-0.3, -0.25) is 9.59 Å². The molecule has 0 fully saturated rings. The van der Waals surface area contributed by atoms with Gasteiger partial charge in [-0.1, -0.05) is 30.8 Å². The third-order valence-electron chi connectivity index (χ3n) is 4.54. The number of fused-ring (bicyclic) bond motifs is 1. The van der Waals surface area contributed by atoms with Gasteiger partial charge in [0.15, 0.2) is 16.7 Å². The Bertz CT molecular complexity index is 926. The van der Waals surface area contributed by atoms with Gasteiger partial charge in [0.25, 0.3) is 5.56 Å². The fraction of sp³-hybridized carbons (Fsp3) is 0.421. The number of carbonyl (C=O) groups is 1. The molecule has 1 aromatic carbocycles. The van der Waals surface area contributed by atoms with Gasteiger partial charge in [0.2, 0.25) is 5.91 Å². The maximum Gasteiger partial charge on any atom is 0.279 e. The zero-order valence-corrected chi connectivity index (χ0v) is 16.7. The number of para-hydroxylation sites is 1. The lowest BCUT2D eigenvalue weighted by Gasteiger charge is -2.28. The van der Waals surface area contributed by atoms with Gasteiger partial charge in [0, 0.05) is 30.7 Å². The van der Waals surface area contributed by atoms with Crippen molar-refractivity contribution < 1.29 is 14.3 Å². The van der Waals surface area contributed by atoms with E-state index >= 15 is 0 Å². The summed E-state index contributed by atoms with van der Waals surface area (Å²) in [6.07, 6.45) is 1.11. The summed E-state index contributed by atoms with van der Waals surface area (Å²) in [5.74, 6) is 1.83. The topological polar surface area (TPSA) is 82.5 Å². The van der Waals surface area contributed by atoms with Gasteiger partial charge in [0.1, 0.15) is 5.82 Å². The van der Waals surface area contributed by atoms with Crippen LogP contribution in [0.3, 0.4) is 0 Å². The Morgan fingerprint density at radius 2 is 2.07 bits per heavy atom. The summed E-state index contributed by atoms with van der Waals surface area (Å²) in [6, 6.07) is 5.47. The summed E-state index contributed by atoms with van der Waals surface area (Å²) >= 11 is 1.50. The third-order valence-corrected chi connectivity index (χ3v) is 5.78. The van der Waals surface area contributed by atoms with Gasteiger partial charge in [0.05, 0.1) is 19.8 Å². The molecule has 3 rings (SSSR count). The van der Waals surface area contributed by atoms with Crippen LogP contribution in [0.1, 0.15) is 36.8 Å². The molecule has 1 unspecified atom stereocenters. The first kappa shape index (κ1) is 19.3. The van der Waals surface area contributed by atoms with Crippen LogP contribution in [0.2, 0.25) is 0 Å². The molecule has 1 amide bonds. The highest BCUT2D eigenvalue weighted by atomic mass is 32.2. The van der Waals surface area contributed by atoms with E-state index in [0.717, 1.165) is 17.7 Å². The summed E-state index contributed by atoms with van der Waals surface area (Å²) in [7, 11) is 4.92. The first-order valence-corrected chi connectivity index (χ1v) is 9.74. The highest BCUT2D eigenvalue weighted by Gasteiger charge is 2.34. The number of carbonyl (C=O) groups excluding carboxylic acids is 1. The van der Waals surface area contributed by atoms with Crippen LogP contribution in [0.5, 0.6) is 11.5 Å². The van der Waals surface area contributed by atoms with Gasteiger partial charge in [-0.05, 0) is 12.5 Å². The molecule has 0 spiro atoms. The smallest absolute Gasteiger partial charge is 0.279 e. The summed E-state index contributed by atoms with van der Waals surface area (Å²) in [4.78, 5) is 29.6. The van der Waals surface area contributed by atoms with E-state index in [-0.39, 0.29) is 17.9 Å². The van der Waals surface area contributed by atoms with E-state index in [9.17, 15) is 9.59 Å². The second kappa shape index (κ2) is 8.04. The zero-order valence-electron chi connectivity index (χ0n) is 15.9. The van der Waals surface area contributed by atoms with E-state index in [2.05, 4.69) is 17.2 Å². The number of methoxy groups -OCH3 is 2. The predicted octanol–water partition coefficient (Wildman–Crippen LogP) is 2.77. The van der Waals surface area contributed by atoms with Gasteiger partial charge in [-0.2, -0.15) is 4.98 Å². The van der Waals surface area contributed by atoms with Crippen molar-refractivity contribution in [1.82, 2.24) is 9.55 Å². The number of anilines is 1. The maximum absolute atomic E-state index is 12.9. The van der Waals surface area contributed by atoms with Gasteiger partial charge in [-0.15, -0.1) is 0 Å². The average Bonchev–Trinajstić information content (AvgIpc) is 2.68. The Balaban J connectivity index is 2.19. The largest absolute Gasteiger partial charge is 0.493 e. The fourth-order valence-corrected chi connectivity index (χ4v) is 4.13. The first-order valence-electron chi connectivity index (χ1n) is 8.76. The summed E-state index contributed by atoms with van der Waals surface area (Å²) in [6.45, 7) is 2.07. The number of nitrogens with one attached hydrogen (secondary N) is 1. The molecule has 2 aromatic rings. The Kier molecular flexibility index (Phi) is 5.74. The van der Waals surface area contributed by atoms with Crippen molar-refractivity contribution in [3.63, 3.8) is 0 Å². The lowest BCUT2D eigenvalue weighted by Crippen LogP contribution is -2.33. The number of thioether (sulfide) groups is 1. The summed E-state index contributed by atoms with van der Waals surface area (Å²) in [5, 5.41) is 3.45. The van der Waals surface area contributed by atoms with Crippen LogP contribution in [0.15, 0.2) is 28.2 Å². The number of rotatable bonds is 6. The Morgan fingerprint density at radius 3 is 2.74 bits per heavy atom. The summed E-state index contributed by atoms with van der Waals surface area (Å²) < 4.78 is 12.7. The van der Waals surface area contributed by atoms with E-state index in [0.29, 0.717) is 28.0 Å². The van der Waals surface area contributed by atoms with Crippen LogP contribution in [0.25, 0.3) is 0 Å². The number of nitrogens with zero attached hydrogens (tertiary/aromatic N) is 2. The first-order chi connectivity index (χ1) is 13.0. The molecule has 0 saturated heterocycles. The van der Waals surface area contributed by atoms with E-state index in [4.69, 9.17) is 9.47 Å². The lowest BCUT2D eigenvalue weighted by molar-refractivity contribution is -0.116. The molecule has 8 heteroatoms. The third kappa shape index (κ3) is 3.53. The molecule has 2 heterocycles. The highest BCUT2D eigenvalue weighted by Crippen LogP contribution is 2.42. The van der Waals surface area contributed by atoms with Gasteiger partial charge in [-0.25, -0.2) is 0 Å². The van der Waals surface area contributed by atoms with Crippen LogP contribution in [0.4, 0.5) is 5.82 Å². The molecule has 144 valence electrons. The van der Waals surface area contributed by atoms with Crippen LogP contribution in [0, 0.1) is 0 Å². The normalized spacial score (nSPS) is 15.9. The second-order valence-corrected chi connectivity index (χ2v) is 7.32. The molecule has 1 aromatic heterocycles. The molecule has 0 bridgehead atoms. The van der Waals surface area contributed by atoms with Crippen molar-refractivity contribution in [2.24, 2.45) is 7.05 Å². The molecule has 1 N–H and O–H groups in total. The minimum atomic E-state index is -0.449. The van der Waals surface area contributed by atoms with Crippen molar-refractivity contribution in [2.45, 2.75) is 30.8 Å². The van der Waals surface area contributed by atoms with Crippen molar-refractivity contribution in [1.29, 1.82) is 0 Å². The predicted molar refractivity (Wildman–Crippen MR) is 105 cm³/mol. The Morgan fingerprint density at radius 1 is 1.30 bits per heavy atom. The van der Waals surface area contributed by atoms with Crippen molar-refractivity contribution in [3.05, 3.63) is 39.7 Å². The minimum absolute atomic E-state index is 0.148. The number of aromatic nitrogens is 2. The zero-order chi connectivity index (χ0) is 19.6. The van der Waals surface area contributed by atoms with Crippen LogP contribution in [-0.2, 0) is 11.8 Å². The van der Waals surface area contributed by atoms with Crippen LogP contribution >= 0.6 is 11.8 Å². The van der Waals surface area contributed by atoms with Crippen molar-refractivity contribution in [3.8, 4) is 11.5 Å². The number of hydrogen-bond donors (Lipinski definition) is 1. The average molecular weight is 389 g/mol. The Hall–Kier alpha value is -2.48. The second-order valence-electron chi connectivity index (χ2n) is 6.26. The SMILES string of the molecule is CCCSc1nc(=O)c2c(n1C)NC(=O)CC2c1cccc(OC)c1OC. The van der Waals surface area contributed by atoms with E-state index < -0.39 is 5.92 Å².